The summed E-state index contributed by atoms with van der Waals surface area (Å²) in [5.74, 6) is -0.931. The molecule has 0 aliphatic rings. The van der Waals surface area contributed by atoms with Gasteiger partial charge in [0.1, 0.15) is 0 Å². The Labute approximate surface area is 222 Å². The van der Waals surface area contributed by atoms with Gasteiger partial charge < -0.3 is 9.90 Å². The molecule has 0 saturated heterocycles. The van der Waals surface area contributed by atoms with Crippen LogP contribution in [0.25, 0.3) is 0 Å². The summed E-state index contributed by atoms with van der Waals surface area (Å²) in [6.45, 7) is 5.97. The number of carboxylic acid groups (broad SMARTS) is 1. The summed E-state index contributed by atoms with van der Waals surface area (Å²) in [5, 5.41) is 10.7. The Bertz CT molecular complexity index is 786. The van der Waals surface area contributed by atoms with Crippen LogP contribution in [0.2, 0.25) is 0 Å². The molecule has 0 aliphatic heterocycles. The van der Waals surface area contributed by atoms with Gasteiger partial charge in [-0.05, 0) is 23.5 Å². The largest absolute Gasteiger partial charge is 0.550 e. The Hall–Kier alpha value is -2.85. The van der Waals surface area contributed by atoms with Gasteiger partial charge in [0.25, 0.3) is 0 Å². The topological polar surface area (TPSA) is 40.1 Å². The van der Waals surface area contributed by atoms with E-state index >= 15 is 0 Å². The minimum Gasteiger partial charge on any atom is -0.550 e. The first-order chi connectivity index (χ1) is 16.0. The molecule has 0 saturated carbocycles. The summed E-state index contributed by atoms with van der Waals surface area (Å²) in [7, 11) is 0. The fourth-order valence-corrected chi connectivity index (χ4v) is 2.70. The molecule has 34 heavy (non-hydrogen) atoms. The second-order valence-corrected chi connectivity index (χ2v) is 7.84. The molecule has 2 nitrogen and oxygen atoms in total. The minimum atomic E-state index is -1.02. The first-order valence-electron chi connectivity index (χ1n) is 11.3. The van der Waals surface area contributed by atoms with Gasteiger partial charge in [0, 0.05) is 35.8 Å². The van der Waals surface area contributed by atoms with Crippen molar-refractivity contribution in [1.82, 2.24) is 0 Å². The molecular formula is C31H35O2Sn-. The number of hydrogen-bond donors (Lipinski definition) is 0. The summed E-state index contributed by atoms with van der Waals surface area (Å²) in [6, 6.07) is 43.7. The van der Waals surface area contributed by atoms with Crippen LogP contribution in [-0.2, 0) is 11.2 Å². The zero-order valence-corrected chi connectivity index (χ0v) is 23.2. The molecule has 4 aromatic rings. The van der Waals surface area contributed by atoms with E-state index in [2.05, 4.69) is 13.8 Å². The Morgan fingerprint density at radius 3 is 1.06 bits per heavy atom. The Balaban J connectivity index is 0.000000473. The first kappa shape index (κ1) is 31.1. The number of rotatable bonds is 4. The maximum atomic E-state index is 10.7. The Kier molecular flexibility index (Phi) is 19.0. The molecule has 1 atom stereocenters. The molecule has 4 aromatic carbocycles. The Morgan fingerprint density at radius 2 is 0.853 bits per heavy atom. The first-order valence-corrected chi connectivity index (χ1v) is 11.3. The summed E-state index contributed by atoms with van der Waals surface area (Å²) in [4.78, 5) is 10.7. The summed E-state index contributed by atoms with van der Waals surface area (Å²) >= 11 is 0. The molecule has 176 valence electrons. The molecule has 0 spiro atoms. The zero-order valence-electron chi connectivity index (χ0n) is 20.4. The van der Waals surface area contributed by atoms with Crippen molar-refractivity contribution in [1.29, 1.82) is 0 Å². The monoisotopic (exact) mass is 559 g/mol. The van der Waals surface area contributed by atoms with Crippen molar-refractivity contribution in [2.75, 3.05) is 0 Å². The van der Waals surface area contributed by atoms with Crippen molar-refractivity contribution in [3.63, 3.8) is 0 Å². The van der Waals surface area contributed by atoms with Crippen LogP contribution in [0.4, 0.5) is 0 Å². The number of benzene rings is 4. The molecule has 0 fully saturated rings. The van der Waals surface area contributed by atoms with Crippen LogP contribution in [0.3, 0.4) is 0 Å². The standard InChI is InChI=1S/C13H18O2.3C6H6.Sn/c1-9(2)8-11-4-6-12(7-5-11)10(3)13(14)15;3*1-2-4-6-5-3-1;/h4-7,9-10H,8H2,1-3H3,(H,14,15);3*1-6H;/p-1. The van der Waals surface area contributed by atoms with Crippen LogP contribution in [0.5, 0.6) is 0 Å². The zero-order chi connectivity index (χ0) is 24.2. The maximum absolute atomic E-state index is 10.7. The summed E-state index contributed by atoms with van der Waals surface area (Å²) in [6.07, 6.45) is 1.03. The molecule has 0 aliphatic carbocycles. The van der Waals surface area contributed by atoms with E-state index in [-0.39, 0.29) is 23.9 Å². The quantitative estimate of drug-likeness (QED) is 0.272. The van der Waals surface area contributed by atoms with E-state index in [1.807, 2.05) is 133 Å². The van der Waals surface area contributed by atoms with Crippen LogP contribution in [0.1, 0.15) is 37.8 Å². The molecule has 0 amide bonds. The average Bonchev–Trinajstić information content (AvgIpc) is 2.88. The fraction of sp³-hybridized carbons (Fsp3) is 0.194. The van der Waals surface area contributed by atoms with Gasteiger partial charge in [-0.15, -0.1) is 0 Å². The molecule has 4 radical (unpaired) electrons. The van der Waals surface area contributed by atoms with E-state index in [0.29, 0.717) is 5.92 Å². The van der Waals surface area contributed by atoms with Crippen LogP contribution in [-0.4, -0.2) is 29.9 Å². The van der Waals surface area contributed by atoms with Crippen molar-refractivity contribution < 1.29 is 9.90 Å². The van der Waals surface area contributed by atoms with Crippen molar-refractivity contribution >= 4 is 29.9 Å². The van der Waals surface area contributed by atoms with Gasteiger partial charge >= 0.3 is 0 Å². The van der Waals surface area contributed by atoms with E-state index in [1.54, 1.807) is 6.92 Å². The summed E-state index contributed by atoms with van der Waals surface area (Å²) in [5.41, 5.74) is 2.06. The number of aliphatic carboxylic acids is 1. The van der Waals surface area contributed by atoms with E-state index in [9.17, 15) is 9.90 Å². The number of carbonyl (C=O) groups is 1. The molecule has 0 N–H and O–H groups in total. The van der Waals surface area contributed by atoms with Crippen molar-refractivity contribution in [3.05, 3.63) is 145 Å². The van der Waals surface area contributed by atoms with Gasteiger partial charge in [-0.1, -0.05) is 154 Å². The smallest absolute Gasteiger partial charge is 0.0486 e. The summed E-state index contributed by atoms with van der Waals surface area (Å²) < 4.78 is 0. The number of carboxylic acids is 1. The third-order valence-corrected chi connectivity index (χ3v) is 4.48. The van der Waals surface area contributed by atoms with Crippen molar-refractivity contribution in [2.24, 2.45) is 5.92 Å². The van der Waals surface area contributed by atoms with E-state index in [1.165, 1.54) is 5.56 Å². The third kappa shape index (κ3) is 16.7. The normalized spacial score (nSPS) is 9.88. The number of hydrogen-bond acceptors (Lipinski definition) is 2. The van der Waals surface area contributed by atoms with Gasteiger partial charge in [-0.25, -0.2) is 0 Å². The van der Waals surface area contributed by atoms with E-state index in [0.717, 1.165) is 12.0 Å². The SMILES string of the molecule is CC(C)Cc1ccc(C(C)C(=O)[O-])cc1.[Sn].c1ccccc1.c1ccccc1.c1ccccc1. The number of carbonyl (C=O) groups excluding carboxylic acids is 1. The predicted octanol–water partition coefficient (Wildman–Crippen LogP) is 6.42. The molecular weight excluding hydrogens is 523 g/mol. The molecule has 0 aromatic heterocycles. The molecule has 1 unspecified atom stereocenters. The molecule has 0 bridgehead atoms. The second-order valence-electron chi connectivity index (χ2n) is 7.84. The van der Waals surface area contributed by atoms with Gasteiger partial charge in [0.2, 0.25) is 0 Å². The van der Waals surface area contributed by atoms with Crippen LogP contribution in [0, 0.1) is 5.92 Å². The average molecular weight is 558 g/mol. The van der Waals surface area contributed by atoms with Crippen molar-refractivity contribution in [3.8, 4) is 0 Å². The van der Waals surface area contributed by atoms with Crippen LogP contribution >= 0.6 is 0 Å². The molecule has 3 heteroatoms. The van der Waals surface area contributed by atoms with E-state index < -0.39 is 11.9 Å². The maximum Gasteiger partial charge on any atom is 0.0486 e. The van der Waals surface area contributed by atoms with Gasteiger partial charge in [-0.3, -0.25) is 0 Å². The Morgan fingerprint density at radius 1 is 0.588 bits per heavy atom. The minimum absolute atomic E-state index is 0. The van der Waals surface area contributed by atoms with Gasteiger partial charge in [0.05, 0.1) is 0 Å². The van der Waals surface area contributed by atoms with Crippen LogP contribution in [0.15, 0.2) is 133 Å². The third-order valence-electron chi connectivity index (χ3n) is 4.48. The molecule has 4 rings (SSSR count). The second kappa shape index (κ2) is 20.7. The van der Waals surface area contributed by atoms with Crippen LogP contribution < -0.4 is 5.11 Å². The predicted molar refractivity (Wildman–Crippen MR) is 143 cm³/mol. The van der Waals surface area contributed by atoms with Crippen molar-refractivity contribution in [2.45, 2.75) is 33.1 Å². The van der Waals surface area contributed by atoms with Gasteiger partial charge in [0.15, 0.2) is 0 Å². The van der Waals surface area contributed by atoms with Gasteiger partial charge in [-0.2, -0.15) is 0 Å². The van der Waals surface area contributed by atoms with E-state index in [4.69, 9.17) is 0 Å². The fourth-order valence-electron chi connectivity index (χ4n) is 2.70. The molecule has 0 heterocycles.